The molecule has 0 aliphatic carbocycles. The number of benzene rings is 2. The predicted octanol–water partition coefficient (Wildman–Crippen LogP) is 4.31. The number of morpholine rings is 1. The van der Waals surface area contributed by atoms with E-state index in [0.717, 1.165) is 31.8 Å². The summed E-state index contributed by atoms with van der Waals surface area (Å²) in [6, 6.07) is 6.17. The van der Waals surface area contributed by atoms with Crippen LogP contribution in [0.5, 0.6) is 5.75 Å². The standard InChI is InChI=1S/C22H23F3N4O3S/c1-13(19-15(23)3-4-16(24)20(19)25)32-14-2-5-17-18(12-14)33-22(27-17)28-21(30)26-6-7-29-8-10-31-11-9-29/h2-5,12-13H,6-11H2,1H3,(H2,26,27,28,30). The molecule has 0 bridgehead atoms. The summed E-state index contributed by atoms with van der Waals surface area (Å²) in [7, 11) is 0. The van der Waals surface area contributed by atoms with Crippen molar-refractivity contribution in [2.24, 2.45) is 0 Å². The number of carbonyl (C=O) groups is 1. The van der Waals surface area contributed by atoms with Crippen molar-refractivity contribution in [1.82, 2.24) is 15.2 Å². The van der Waals surface area contributed by atoms with Gasteiger partial charge in [-0.2, -0.15) is 0 Å². The van der Waals surface area contributed by atoms with Gasteiger partial charge in [0.2, 0.25) is 0 Å². The van der Waals surface area contributed by atoms with Gasteiger partial charge >= 0.3 is 6.03 Å². The predicted molar refractivity (Wildman–Crippen MR) is 119 cm³/mol. The lowest BCUT2D eigenvalue weighted by atomic mass is 10.1. The number of anilines is 1. The first-order valence-electron chi connectivity index (χ1n) is 10.5. The Hall–Kier alpha value is -2.89. The minimum atomic E-state index is -1.27. The Balaban J connectivity index is 1.36. The zero-order chi connectivity index (χ0) is 23.4. The summed E-state index contributed by atoms with van der Waals surface area (Å²) in [5.41, 5.74) is 0.155. The number of nitrogens with zero attached hydrogens (tertiary/aromatic N) is 2. The zero-order valence-corrected chi connectivity index (χ0v) is 18.7. The fraction of sp³-hybridized carbons (Fsp3) is 0.364. The number of ether oxygens (including phenoxy) is 2. The number of hydrogen-bond acceptors (Lipinski definition) is 6. The smallest absolute Gasteiger partial charge is 0.321 e. The monoisotopic (exact) mass is 480 g/mol. The van der Waals surface area contributed by atoms with E-state index in [1.54, 1.807) is 18.2 Å². The molecule has 1 saturated heterocycles. The van der Waals surface area contributed by atoms with Gasteiger partial charge in [-0.05, 0) is 37.3 Å². The highest BCUT2D eigenvalue weighted by molar-refractivity contribution is 7.22. The van der Waals surface area contributed by atoms with Crippen LogP contribution >= 0.6 is 11.3 Å². The van der Waals surface area contributed by atoms with Crippen LogP contribution in [-0.2, 0) is 4.74 Å². The molecule has 176 valence electrons. The van der Waals surface area contributed by atoms with Crippen LogP contribution in [0.3, 0.4) is 0 Å². The number of fused-ring (bicyclic) bond motifs is 1. The van der Waals surface area contributed by atoms with Gasteiger partial charge in [0.25, 0.3) is 0 Å². The van der Waals surface area contributed by atoms with E-state index in [-0.39, 0.29) is 6.03 Å². The third-order valence-corrected chi connectivity index (χ3v) is 6.13. The summed E-state index contributed by atoms with van der Waals surface area (Å²) in [5.74, 6) is -2.96. The Kier molecular flexibility index (Phi) is 7.31. The van der Waals surface area contributed by atoms with E-state index in [1.165, 1.54) is 18.3 Å². The van der Waals surface area contributed by atoms with E-state index in [0.29, 0.717) is 40.9 Å². The Morgan fingerprint density at radius 1 is 1.21 bits per heavy atom. The maximum Gasteiger partial charge on any atom is 0.321 e. The number of nitrogens with one attached hydrogen (secondary N) is 2. The van der Waals surface area contributed by atoms with Crippen LogP contribution in [0, 0.1) is 17.5 Å². The molecule has 2 N–H and O–H groups in total. The Labute approximate surface area is 192 Å². The van der Waals surface area contributed by atoms with Gasteiger partial charge in [0.1, 0.15) is 17.7 Å². The van der Waals surface area contributed by atoms with Gasteiger partial charge < -0.3 is 14.8 Å². The average molecular weight is 481 g/mol. The van der Waals surface area contributed by atoms with Crippen molar-refractivity contribution in [1.29, 1.82) is 0 Å². The van der Waals surface area contributed by atoms with Crippen molar-refractivity contribution in [2.75, 3.05) is 44.7 Å². The van der Waals surface area contributed by atoms with Crippen LogP contribution in [-0.4, -0.2) is 55.3 Å². The van der Waals surface area contributed by atoms with Gasteiger partial charge in [-0.3, -0.25) is 10.2 Å². The molecule has 0 spiro atoms. The number of thiazole rings is 1. The highest BCUT2D eigenvalue weighted by Gasteiger charge is 2.21. The fourth-order valence-electron chi connectivity index (χ4n) is 3.50. The van der Waals surface area contributed by atoms with Crippen molar-refractivity contribution in [3.8, 4) is 5.75 Å². The van der Waals surface area contributed by atoms with E-state index < -0.39 is 29.1 Å². The molecule has 33 heavy (non-hydrogen) atoms. The molecule has 3 aromatic rings. The summed E-state index contributed by atoms with van der Waals surface area (Å²) < 4.78 is 53.2. The number of halogens is 3. The molecule has 1 aliphatic heterocycles. The average Bonchev–Trinajstić information content (AvgIpc) is 3.18. The molecular formula is C22H23F3N4O3S. The number of urea groups is 1. The summed E-state index contributed by atoms with van der Waals surface area (Å²) >= 11 is 1.23. The molecule has 1 fully saturated rings. The molecule has 11 heteroatoms. The second-order valence-electron chi connectivity index (χ2n) is 7.50. The Morgan fingerprint density at radius 2 is 1.97 bits per heavy atom. The molecule has 1 aliphatic rings. The first kappa shape index (κ1) is 23.3. The normalized spacial score (nSPS) is 15.4. The topological polar surface area (TPSA) is 75.7 Å². The summed E-state index contributed by atoms with van der Waals surface area (Å²) in [5, 5.41) is 5.91. The van der Waals surface area contributed by atoms with E-state index in [4.69, 9.17) is 9.47 Å². The third kappa shape index (κ3) is 5.73. The van der Waals surface area contributed by atoms with Crippen LogP contribution < -0.4 is 15.4 Å². The van der Waals surface area contributed by atoms with Crippen LogP contribution in [0.15, 0.2) is 30.3 Å². The van der Waals surface area contributed by atoms with Crippen LogP contribution in [0.1, 0.15) is 18.6 Å². The number of aromatic nitrogens is 1. The minimum Gasteiger partial charge on any atom is -0.486 e. The van der Waals surface area contributed by atoms with Crippen molar-refractivity contribution in [2.45, 2.75) is 13.0 Å². The maximum atomic E-state index is 14.0. The molecule has 2 aromatic carbocycles. The molecule has 1 unspecified atom stereocenters. The Morgan fingerprint density at radius 3 is 2.76 bits per heavy atom. The lowest BCUT2D eigenvalue weighted by Gasteiger charge is -2.26. The van der Waals surface area contributed by atoms with Gasteiger partial charge in [-0.1, -0.05) is 11.3 Å². The number of carbonyl (C=O) groups excluding carboxylic acids is 1. The lowest BCUT2D eigenvalue weighted by molar-refractivity contribution is 0.0388. The summed E-state index contributed by atoms with van der Waals surface area (Å²) in [6.45, 7) is 5.78. The van der Waals surface area contributed by atoms with Crippen molar-refractivity contribution in [3.63, 3.8) is 0 Å². The zero-order valence-electron chi connectivity index (χ0n) is 17.9. The molecule has 1 aromatic heterocycles. The lowest BCUT2D eigenvalue weighted by Crippen LogP contribution is -2.42. The third-order valence-electron chi connectivity index (χ3n) is 5.20. The van der Waals surface area contributed by atoms with Crippen molar-refractivity contribution in [3.05, 3.63) is 53.3 Å². The number of hydrogen-bond donors (Lipinski definition) is 2. The van der Waals surface area contributed by atoms with Gasteiger partial charge in [0.15, 0.2) is 16.8 Å². The second-order valence-corrected chi connectivity index (χ2v) is 8.53. The molecule has 0 saturated carbocycles. The maximum absolute atomic E-state index is 14.0. The van der Waals surface area contributed by atoms with Gasteiger partial charge in [0, 0.05) is 26.2 Å². The minimum absolute atomic E-state index is 0.336. The van der Waals surface area contributed by atoms with Crippen LogP contribution in [0.4, 0.5) is 23.1 Å². The van der Waals surface area contributed by atoms with Gasteiger partial charge in [0.05, 0.1) is 29.0 Å². The van der Waals surface area contributed by atoms with E-state index in [9.17, 15) is 18.0 Å². The van der Waals surface area contributed by atoms with E-state index in [1.807, 2.05) is 0 Å². The fourth-order valence-corrected chi connectivity index (χ4v) is 4.39. The van der Waals surface area contributed by atoms with Gasteiger partial charge in [-0.15, -0.1) is 0 Å². The molecule has 2 amide bonds. The Bertz CT molecular complexity index is 1140. The molecule has 1 atom stereocenters. The van der Waals surface area contributed by atoms with Crippen LogP contribution in [0.25, 0.3) is 10.2 Å². The van der Waals surface area contributed by atoms with E-state index in [2.05, 4.69) is 20.5 Å². The highest BCUT2D eigenvalue weighted by atomic mass is 32.1. The largest absolute Gasteiger partial charge is 0.486 e. The highest BCUT2D eigenvalue weighted by Crippen LogP contribution is 2.32. The number of rotatable bonds is 7. The van der Waals surface area contributed by atoms with Gasteiger partial charge in [-0.25, -0.2) is 22.9 Å². The quantitative estimate of drug-likeness (QED) is 0.493. The number of amides is 2. The molecule has 2 heterocycles. The molecule has 7 nitrogen and oxygen atoms in total. The van der Waals surface area contributed by atoms with Crippen molar-refractivity contribution < 1.29 is 27.4 Å². The molecular weight excluding hydrogens is 457 g/mol. The summed E-state index contributed by atoms with van der Waals surface area (Å²) in [4.78, 5) is 18.7. The van der Waals surface area contributed by atoms with Crippen LogP contribution in [0.2, 0.25) is 0 Å². The molecule has 4 rings (SSSR count). The second kappa shape index (κ2) is 10.4. The van der Waals surface area contributed by atoms with E-state index >= 15 is 0 Å². The van der Waals surface area contributed by atoms with Crippen molar-refractivity contribution >= 4 is 32.7 Å². The summed E-state index contributed by atoms with van der Waals surface area (Å²) in [6.07, 6.45) is -1.05. The molecule has 0 radical (unpaired) electrons. The first-order chi connectivity index (χ1) is 15.9. The first-order valence-corrected chi connectivity index (χ1v) is 11.3. The SMILES string of the molecule is CC(Oc1ccc2nc(NC(=O)NCCN3CCOCC3)sc2c1)c1c(F)ccc(F)c1F.